The van der Waals surface area contributed by atoms with Crippen LogP contribution in [0.5, 0.6) is 0 Å². The fraction of sp³-hybridized carbons (Fsp3) is 0.143. The molecule has 0 aliphatic carbocycles. The summed E-state index contributed by atoms with van der Waals surface area (Å²) in [5.41, 5.74) is 16.4. The number of nitrogen functional groups attached to an aromatic ring is 1. The SMILES string of the molecule is C/C(=N\Nc1cc(N/N=C(\C)c2ccc(Cl)cc2)nc(N)n1)c1ccc(C)cc1. The van der Waals surface area contributed by atoms with Crippen molar-refractivity contribution in [1.82, 2.24) is 9.97 Å². The second-order valence-corrected chi connectivity index (χ2v) is 6.92. The molecule has 1 heterocycles. The zero-order valence-corrected chi connectivity index (χ0v) is 17.2. The highest BCUT2D eigenvalue weighted by Gasteiger charge is 2.04. The Labute approximate surface area is 174 Å². The number of hydrogen-bond acceptors (Lipinski definition) is 7. The lowest BCUT2D eigenvalue weighted by atomic mass is 10.1. The van der Waals surface area contributed by atoms with E-state index in [1.54, 1.807) is 6.07 Å². The zero-order valence-electron chi connectivity index (χ0n) is 16.4. The normalized spacial score (nSPS) is 12.0. The van der Waals surface area contributed by atoms with E-state index in [0.29, 0.717) is 16.7 Å². The number of benzene rings is 2. The van der Waals surface area contributed by atoms with E-state index in [1.165, 1.54) is 5.56 Å². The van der Waals surface area contributed by atoms with E-state index in [1.807, 2.05) is 69.3 Å². The quantitative estimate of drug-likeness (QED) is 0.406. The maximum atomic E-state index is 5.92. The predicted molar refractivity (Wildman–Crippen MR) is 121 cm³/mol. The van der Waals surface area contributed by atoms with Gasteiger partial charge in [-0.05, 0) is 44.0 Å². The molecule has 148 valence electrons. The number of hydrazone groups is 2. The average Bonchev–Trinajstić information content (AvgIpc) is 2.71. The largest absolute Gasteiger partial charge is 0.368 e. The summed E-state index contributed by atoms with van der Waals surface area (Å²) in [7, 11) is 0. The minimum atomic E-state index is 0.111. The molecular weight excluding hydrogens is 386 g/mol. The Morgan fingerprint density at radius 2 is 1.28 bits per heavy atom. The fourth-order valence-corrected chi connectivity index (χ4v) is 2.60. The van der Waals surface area contributed by atoms with Crippen LogP contribution in [0.1, 0.15) is 30.5 Å². The van der Waals surface area contributed by atoms with Crippen molar-refractivity contribution in [2.45, 2.75) is 20.8 Å². The summed E-state index contributed by atoms with van der Waals surface area (Å²) in [6, 6.07) is 17.2. The van der Waals surface area contributed by atoms with Crippen LogP contribution in [0, 0.1) is 6.92 Å². The minimum absolute atomic E-state index is 0.111. The molecule has 0 atom stereocenters. The Bertz CT molecular complexity index is 960. The van der Waals surface area contributed by atoms with Crippen LogP contribution in [0.2, 0.25) is 5.02 Å². The number of nitrogens with two attached hydrogens (primary N) is 1. The van der Waals surface area contributed by atoms with Crippen molar-refractivity contribution in [3.05, 3.63) is 76.3 Å². The Hall–Kier alpha value is -3.45. The molecule has 8 heteroatoms. The third kappa shape index (κ3) is 5.76. The molecule has 0 aliphatic heterocycles. The van der Waals surface area contributed by atoms with Gasteiger partial charge in [0.05, 0.1) is 11.4 Å². The van der Waals surface area contributed by atoms with Crippen molar-refractivity contribution in [1.29, 1.82) is 0 Å². The molecule has 0 saturated heterocycles. The van der Waals surface area contributed by atoms with Gasteiger partial charge in [-0.25, -0.2) is 0 Å². The van der Waals surface area contributed by atoms with E-state index in [0.717, 1.165) is 22.6 Å². The summed E-state index contributed by atoms with van der Waals surface area (Å²) in [5, 5.41) is 9.39. The van der Waals surface area contributed by atoms with Crippen LogP contribution in [-0.4, -0.2) is 21.4 Å². The number of aromatic nitrogens is 2. The number of hydrogen-bond donors (Lipinski definition) is 3. The van der Waals surface area contributed by atoms with E-state index >= 15 is 0 Å². The maximum Gasteiger partial charge on any atom is 0.224 e. The van der Waals surface area contributed by atoms with Crippen LogP contribution in [0.15, 0.2) is 64.8 Å². The monoisotopic (exact) mass is 407 g/mol. The molecule has 0 unspecified atom stereocenters. The third-order valence-electron chi connectivity index (χ3n) is 4.15. The van der Waals surface area contributed by atoms with Crippen LogP contribution in [0.25, 0.3) is 0 Å². The third-order valence-corrected chi connectivity index (χ3v) is 4.40. The van der Waals surface area contributed by atoms with E-state index < -0.39 is 0 Å². The van der Waals surface area contributed by atoms with Crippen molar-refractivity contribution in [2.75, 3.05) is 16.6 Å². The van der Waals surface area contributed by atoms with Crippen molar-refractivity contribution in [3.63, 3.8) is 0 Å². The van der Waals surface area contributed by atoms with Crippen LogP contribution in [0.3, 0.4) is 0 Å². The summed E-state index contributed by atoms with van der Waals surface area (Å²) in [5.74, 6) is 1.03. The molecule has 2 aromatic carbocycles. The van der Waals surface area contributed by atoms with Gasteiger partial charge in [-0.3, -0.25) is 10.9 Å². The lowest BCUT2D eigenvalue weighted by Crippen LogP contribution is -2.06. The highest BCUT2D eigenvalue weighted by atomic mass is 35.5. The first-order chi connectivity index (χ1) is 13.9. The molecule has 29 heavy (non-hydrogen) atoms. The fourth-order valence-electron chi connectivity index (χ4n) is 2.48. The van der Waals surface area contributed by atoms with Crippen LogP contribution in [0.4, 0.5) is 17.6 Å². The summed E-state index contributed by atoms with van der Waals surface area (Å²) >= 11 is 5.92. The number of halogens is 1. The Kier molecular flexibility index (Phi) is 6.41. The number of nitrogens with zero attached hydrogens (tertiary/aromatic N) is 4. The summed E-state index contributed by atoms with van der Waals surface area (Å²) in [4.78, 5) is 8.30. The van der Waals surface area contributed by atoms with Crippen LogP contribution in [-0.2, 0) is 0 Å². The molecule has 4 N–H and O–H groups in total. The molecule has 3 aromatic rings. The summed E-state index contributed by atoms with van der Waals surface area (Å²) < 4.78 is 0. The van der Waals surface area contributed by atoms with E-state index in [9.17, 15) is 0 Å². The van der Waals surface area contributed by atoms with Crippen LogP contribution >= 0.6 is 11.6 Å². The number of nitrogens with one attached hydrogen (secondary N) is 2. The van der Waals surface area contributed by atoms with E-state index in [-0.39, 0.29) is 5.95 Å². The molecule has 3 rings (SSSR count). The van der Waals surface area contributed by atoms with Gasteiger partial charge in [-0.2, -0.15) is 20.2 Å². The topological polar surface area (TPSA) is 101 Å². The van der Waals surface area contributed by atoms with Crippen molar-refractivity contribution in [2.24, 2.45) is 10.2 Å². The smallest absolute Gasteiger partial charge is 0.224 e. The van der Waals surface area contributed by atoms with Gasteiger partial charge >= 0.3 is 0 Å². The second kappa shape index (κ2) is 9.16. The molecule has 0 aliphatic rings. The zero-order chi connectivity index (χ0) is 20.8. The lowest BCUT2D eigenvalue weighted by Gasteiger charge is -2.07. The molecule has 0 bridgehead atoms. The second-order valence-electron chi connectivity index (χ2n) is 6.49. The first kappa shape index (κ1) is 20.3. The Morgan fingerprint density at radius 3 is 1.76 bits per heavy atom. The summed E-state index contributed by atoms with van der Waals surface area (Å²) in [6.07, 6.45) is 0. The summed E-state index contributed by atoms with van der Waals surface area (Å²) in [6.45, 7) is 5.85. The van der Waals surface area contributed by atoms with E-state index in [2.05, 4.69) is 31.0 Å². The molecule has 0 saturated carbocycles. The first-order valence-electron chi connectivity index (χ1n) is 8.99. The highest BCUT2D eigenvalue weighted by Crippen LogP contribution is 2.14. The molecule has 7 nitrogen and oxygen atoms in total. The van der Waals surface area contributed by atoms with Crippen molar-refractivity contribution < 1.29 is 0 Å². The standard InChI is InChI=1S/C21H22ClN7/c1-13-4-6-16(7-5-13)14(2)26-28-19-12-20(25-21(23)24-19)29-27-15(3)17-8-10-18(22)11-9-17/h4-12H,1-3H3,(H4,23,24,25,28,29)/b26-14+,27-15+. The number of rotatable bonds is 6. The van der Waals surface area contributed by atoms with Crippen molar-refractivity contribution in [3.8, 4) is 0 Å². The van der Waals surface area contributed by atoms with Gasteiger partial charge in [0.25, 0.3) is 0 Å². The van der Waals surface area contributed by atoms with Gasteiger partial charge < -0.3 is 5.73 Å². The van der Waals surface area contributed by atoms with Gasteiger partial charge in [-0.15, -0.1) is 0 Å². The average molecular weight is 408 g/mol. The highest BCUT2D eigenvalue weighted by molar-refractivity contribution is 6.30. The van der Waals surface area contributed by atoms with Crippen molar-refractivity contribution >= 4 is 40.6 Å². The number of aryl methyl sites for hydroxylation is 1. The van der Waals surface area contributed by atoms with Crippen LogP contribution < -0.4 is 16.6 Å². The minimum Gasteiger partial charge on any atom is -0.368 e. The van der Waals surface area contributed by atoms with Gasteiger partial charge in [0.15, 0.2) is 11.6 Å². The van der Waals surface area contributed by atoms with Gasteiger partial charge in [0, 0.05) is 11.1 Å². The lowest BCUT2D eigenvalue weighted by molar-refractivity contribution is 1.13. The molecule has 0 spiro atoms. The van der Waals surface area contributed by atoms with E-state index in [4.69, 9.17) is 17.3 Å². The first-order valence-corrected chi connectivity index (χ1v) is 9.36. The molecule has 0 radical (unpaired) electrons. The maximum absolute atomic E-state index is 5.92. The number of anilines is 3. The Morgan fingerprint density at radius 1 is 0.828 bits per heavy atom. The molecule has 1 aromatic heterocycles. The van der Waals surface area contributed by atoms with Gasteiger partial charge in [0.2, 0.25) is 5.95 Å². The van der Waals surface area contributed by atoms with Gasteiger partial charge in [-0.1, -0.05) is 53.6 Å². The molecular formula is C21H22ClN7. The Balaban J connectivity index is 1.72. The predicted octanol–water partition coefficient (Wildman–Crippen LogP) is 4.69. The molecule has 0 fully saturated rings. The molecule has 0 amide bonds. The van der Waals surface area contributed by atoms with Gasteiger partial charge in [0.1, 0.15) is 0 Å².